The Morgan fingerprint density at radius 2 is 1.95 bits per heavy atom. The summed E-state index contributed by atoms with van der Waals surface area (Å²) in [6.07, 6.45) is 4.39. The van der Waals surface area contributed by atoms with Gasteiger partial charge >= 0.3 is 0 Å². The molecular formula is C35H37N5O2S. The number of hydrogen-bond acceptors (Lipinski definition) is 7. The topological polar surface area (TPSA) is 106 Å². The van der Waals surface area contributed by atoms with E-state index in [0.717, 1.165) is 41.2 Å². The number of nitrogens with zero attached hydrogens (tertiary/aromatic N) is 1. The molecule has 0 radical (unpaired) electrons. The number of anilines is 2. The minimum absolute atomic E-state index is 0.0867. The van der Waals surface area contributed by atoms with Gasteiger partial charge in [-0.25, -0.2) is 0 Å². The lowest BCUT2D eigenvalue weighted by Crippen LogP contribution is -2.55. The van der Waals surface area contributed by atoms with Crippen molar-refractivity contribution in [2.45, 2.75) is 31.2 Å². The third-order valence-corrected chi connectivity index (χ3v) is 9.25. The van der Waals surface area contributed by atoms with Gasteiger partial charge in [0.15, 0.2) is 0 Å². The van der Waals surface area contributed by atoms with Crippen LogP contribution in [0.15, 0.2) is 114 Å². The van der Waals surface area contributed by atoms with Gasteiger partial charge in [0.1, 0.15) is 11.8 Å². The smallest absolute Gasteiger partial charge is 0.225 e. The fourth-order valence-corrected chi connectivity index (χ4v) is 7.00. The number of benzene rings is 3. The van der Waals surface area contributed by atoms with Gasteiger partial charge in [-0.15, -0.1) is 11.3 Å². The highest BCUT2D eigenvalue weighted by Crippen LogP contribution is 2.36. The van der Waals surface area contributed by atoms with Crippen molar-refractivity contribution in [2.75, 3.05) is 30.4 Å². The molecule has 6 rings (SSSR count). The predicted molar refractivity (Wildman–Crippen MR) is 177 cm³/mol. The Labute approximate surface area is 256 Å². The molecule has 1 aromatic heterocycles. The number of thiophene rings is 1. The van der Waals surface area contributed by atoms with Crippen molar-refractivity contribution in [3.63, 3.8) is 0 Å². The van der Waals surface area contributed by atoms with E-state index >= 15 is 0 Å². The molecule has 1 aliphatic carbocycles. The first-order valence-electron chi connectivity index (χ1n) is 14.5. The number of allylic oxidation sites excluding steroid dienone is 1. The number of hydrogen-bond donors (Lipinski definition) is 4. The number of fused-ring (bicyclic) bond motifs is 2. The zero-order valence-electron chi connectivity index (χ0n) is 24.3. The van der Waals surface area contributed by atoms with Crippen LogP contribution in [0.3, 0.4) is 0 Å². The average Bonchev–Trinajstić information content (AvgIpc) is 3.68. The van der Waals surface area contributed by atoms with Crippen molar-refractivity contribution in [3.8, 4) is 0 Å². The number of nitrogens with one attached hydrogen (secondary N) is 2. The normalized spacial score (nSPS) is 17.8. The summed E-state index contributed by atoms with van der Waals surface area (Å²) < 4.78 is 5.75. The van der Waals surface area contributed by atoms with Gasteiger partial charge < -0.3 is 26.4 Å². The van der Waals surface area contributed by atoms with Crippen molar-refractivity contribution in [1.29, 1.82) is 0 Å². The van der Waals surface area contributed by atoms with Gasteiger partial charge in [0.2, 0.25) is 5.91 Å². The minimum Gasteiger partial charge on any atom is -0.399 e. The molecule has 1 amide bonds. The summed E-state index contributed by atoms with van der Waals surface area (Å²) in [5.41, 5.74) is 18.8. The first-order chi connectivity index (χ1) is 20.9. The number of nitrogens with two attached hydrogens (primary N) is 2. The van der Waals surface area contributed by atoms with Gasteiger partial charge in [-0.1, -0.05) is 55.1 Å². The number of amides is 1. The van der Waals surface area contributed by atoms with Gasteiger partial charge in [-0.3, -0.25) is 10.1 Å². The van der Waals surface area contributed by atoms with Crippen LogP contribution in [0.4, 0.5) is 11.4 Å². The molecule has 0 bridgehead atoms. The van der Waals surface area contributed by atoms with Crippen molar-refractivity contribution in [3.05, 3.63) is 130 Å². The summed E-state index contributed by atoms with van der Waals surface area (Å²) in [4.78, 5) is 16.4. The maximum atomic E-state index is 13.0. The van der Waals surface area contributed by atoms with E-state index in [1.807, 2.05) is 29.7 Å². The fourth-order valence-electron chi connectivity index (χ4n) is 6.16. The van der Waals surface area contributed by atoms with Gasteiger partial charge in [0.25, 0.3) is 0 Å². The van der Waals surface area contributed by atoms with E-state index in [0.29, 0.717) is 12.2 Å². The molecule has 2 unspecified atom stereocenters. The predicted octanol–water partition coefficient (Wildman–Crippen LogP) is 5.55. The Hall–Kier alpha value is -4.21. The molecule has 0 spiro atoms. The van der Waals surface area contributed by atoms with Crippen LogP contribution in [0.1, 0.15) is 22.4 Å². The lowest BCUT2D eigenvalue weighted by atomic mass is 9.85. The Bertz CT molecular complexity index is 1720. The molecule has 0 fully saturated rings. The van der Waals surface area contributed by atoms with E-state index in [-0.39, 0.29) is 12.3 Å². The second-order valence-electron chi connectivity index (χ2n) is 11.1. The van der Waals surface area contributed by atoms with Crippen molar-refractivity contribution in [2.24, 2.45) is 11.5 Å². The van der Waals surface area contributed by atoms with Gasteiger partial charge in [-0.2, -0.15) is 0 Å². The summed E-state index contributed by atoms with van der Waals surface area (Å²) in [6.45, 7) is 6.27. The molecule has 2 heterocycles. The van der Waals surface area contributed by atoms with Gasteiger partial charge in [0, 0.05) is 60.7 Å². The van der Waals surface area contributed by atoms with Gasteiger partial charge in [-0.05, 0) is 75.7 Å². The molecule has 8 heteroatoms. The van der Waals surface area contributed by atoms with Crippen molar-refractivity contribution < 1.29 is 9.53 Å². The summed E-state index contributed by atoms with van der Waals surface area (Å²) >= 11 is 1.53. The first-order valence-corrected chi connectivity index (χ1v) is 15.4. The minimum atomic E-state index is -1.07. The Morgan fingerprint density at radius 1 is 1.12 bits per heavy atom. The number of carbonyl (C=O) groups is 1. The summed E-state index contributed by atoms with van der Waals surface area (Å²) in [6, 6.07) is 25.1. The summed E-state index contributed by atoms with van der Waals surface area (Å²) in [7, 11) is 1.63. The Kier molecular flexibility index (Phi) is 8.19. The molecule has 2 aliphatic rings. The third-order valence-electron chi connectivity index (χ3n) is 8.25. The fraction of sp³-hybridized carbons (Fsp3) is 0.229. The highest BCUT2D eigenvalue weighted by atomic mass is 32.1. The molecule has 2 atom stereocenters. The molecule has 0 saturated carbocycles. The van der Waals surface area contributed by atoms with Crippen molar-refractivity contribution in [1.82, 2.24) is 5.32 Å². The van der Waals surface area contributed by atoms with E-state index in [1.54, 1.807) is 13.2 Å². The van der Waals surface area contributed by atoms with Crippen LogP contribution < -0.4 is 27.0 Å². The van der Waals surface area contributed by atoms with E-state index in [1.165, 1.54) is 38.9 Å². The molecule has 3 aromatic carbocycles. The molecule has 4 aromatic rings. The van der Waals surface area contributed by atoms with Crippen LogP contribution in [0.5, 0.6) is 0 Å². The van der Waals surface area contributed by atoms with Crippen LogP contribution in [-0.4, -0.2) is 32.2 Å². The SMILES string of the molecule is C=C1C=C(N)C=C(C(N)(NCCC(=O)Nc2ccc3c(c2)CCN3Cc2cccc3ccccc23)c2cccs2)C1OC. The number of carbonyl (C=O) groups excluding carboxylic acids is 1. The highest BCUT2D eigenvalue weighted by molar-refractivity contribution is 7.10. The average molecular weight is 592 g/mol. The number of rotatable bonds is 10. The third kappa shape index (κ3) is 5.87. The lowest BCUT2D eigenvalue weighted by Gasteiger charge is -2.38. The largest absolute Gasteiger partial charge is 0.399 e. The Morgan fingerprint density at radius 3 is 2.77 bits per heavy atom. The second kappa shape index (κ2) is 12.2. The molecule has 43 heavy (non-hydrogen) atoms. The molecule has 0 saturated heterocycles. The lowest BCUT2D eigenvalue weighted by molar-refractivity contribution is -0.116. The molecular weight excluding hydrogens is 554 g/mol. The standard InChI is InChI=1S/C35H37N5O2S/c1-23-19-27(36)21-30(34(23)42-2)35(37,32-11-6-18-43-32)38-16-14-33(41)39-28-12-13-31-25(20-28)15-17-40(31)22-26-9-5-8-24-7-3-4-10-29(24)26/h3-13,18-21,34,38H,1,14-17,22,36-37H2,2H3,(H,39,41). The summed E-state index contributed by atoms with van der Waals surface area (Å²) in [5, 5.41) is 11.0. The molecule has 6 N–H and O–H groups in total. The van der Waals surface area contributed by atoms with E-state index in [2.05, 4.69) is 76.7 Å². The van der Waals surface area contributed by atoms with E-state index in [4.69, 9.17) is 16.2 Å². The van der Waals surface area contributed by atoms with Crippen LogP contribution in [0.2, 0.25) is 0 Å². The Balaban J connectivity index is 1.10. The first kappa shape index (κ1) is 28.9. The van der Waals surface area contributed by atoms with Crippen molar-refractivity contribution >= 4 is 39.4 Å². The molecule has 7 nitrogen and oxygen atoms in total. The maximum Gasteiger partial charge on any atom is 0.225 e. The second-order valence-corrected chi connectivity index (χ2v) is 12.0. The molecule has 220 valence electrons. The maximum absolute atomic E-state index is 13.0. The van der Waals surface area contributed by atoms with Crippen LogP contribution in [-0.2, 0) is 28.2 Å². The van der Waals surface area contributed by atoms with Crippen LogP contribution in [0, 0.1) is 0 Å². The zero-order chi connectivity index (χ0) is 30.0. The van der Waals surface area contributed by atoms with Crippen LogP contribution >= 0.6 is 11.3 Å². The summed E-state index contributed by atoms with van der Waals surface area (Å²) in [5.74, 6) is -0.0867. The van der Waals surface area contributed by atoms with E-state index < -0.39 is 11.8 Å². The van der Waals surface area contributed by atoms with E-state index in [9.17, 15) is 4.79 Å². The van der Waals surface area contributed by atoms with Gasteiger partial charge in [0.05, 0.1) is 0 Å². The highest BCUT2D eigenvalue weighted by Gasteiger charge is 2.39. The molecule has 1 aliphatic heterocycles. The van der Waals surface area contributed by atoms with Crippen LogP contribution in [0.25, 0.3) is 10.8 Å². The quantitative estimate of drug-likeness (QED) is 0.180. The number of ether oxygens (including phenoxy) is 1. The number of methoxy groups -OCH3 is 1. The zero-order valence-corrected chi connectivity index (χ0v) is 25.1. The monoisotopic (exact) mass is 591 g/mol.